The van der Waals surface area contributed by atoms with Gasteiger partial charge in [-0.2, -0.15) is 0 Å². The van der Waals surface area contributed by atoms with Gasteiger partial charge in [-0.15, -0.1) is 0 Å². The summed E-state index contributed by atoms with van der Waals surface area (Å²) in [5.41, 5.74) is 5.66. The molecule has 8 nitrogen and oxygen atoms in total. The van der Waals surface area contributed by atoms with Crippen LogP contribution in [0, 0.1) is 0 Å². The maximum absolute atomic E-state index is 13.3. The van der Waals surface area contributed by atoms with E-state index in [1.807, 2.05) is 30.3 Å². The van der Waals surface area contributed by atoms with Crippen LogP contribution in [0.25, 0.3) is 33.4 Å². The fourth-order valence-corrected chi connectivity index (χ4v) is 5.27. The second-order valence-electron chi connectivity index (χ2n) is 11.3. The number of imidazole rings is 1. The number of piperazine rings is 1. The van der Waals surface area contributed by atoms with E-state index in [2.05, 4.69) is 58.1 Å². The zero-order valence-corrected chi connectivity index (χ0v) is 23.7. The molecule has 0 unspecified atom stereocenters. The number of fused-ring (bicyclic) bond motifs is 2. The summed E-state index contributed by atoms with van der Waals surface area (Å²) in [6, 6.07) is 19.0. The fourth-order valence-electron chi connectivity index (χ4n) is 5.27. The van der Waals surface area contributed by atoms with E-state index >= 15 is 0 Å². The summed E-state index contributed by atoms with van der Waals surface area (Å²) in [6.07, 6.45) is 2.44. The monoisotopic (exact) mass is 549 g/mol. The number of nitrogens with zero attached hydrogens (tertiary/aromatic N) is 3. The first kappa shape index (κ1) is 26.9. The number of likely N-dealkylation sites (N-methyl/N-ethyl adjacent to an activating group) is 1. The molecule has 1 amide bonds. The molecule has 1 aliphatic heterocycles. The van der Waals surface area contributed by atoms with Gasteiger partial charge in [-0.1, -0.05) is 32.0 Å². The highest BCUT2D eigenvalue weighted by Gasteiger charge is 2.16. The van der Waals surface area contributed by atoms with Crippen molar-refractivity contribution < 1.29 is 9.21 Å². The molecule has 2 aromatic heterocycles. The van der Waals surface area contributed by atoms with Gasteiger partial charge in [0, 0.05) is 44.0 Å². The number of carbonyl (C=O) groups excluding carboxylic acids is 1. The van der Waals surface area contributed by atoms with Gasteiger partial charge in [0.1, 0.15) is 23.2 Å². The molecule has 0 aliphatic carbocycles. The summed E-state index contributed by atoms with van der Waals surface area (Å²) in [5, 5.41) is 3.52. The first-order valence-electron chi connectivity index (χ1n) is 14.2. The first-order valence-corrected chi connectivity index (χ1v) is 14.2. The second-order valence-corrected chi connectivity index (χ2v) is 11.3. The molecule has 41 heavy (non-hydrogen) atoms. The third-order valence-corrected chi connectivity index (χ3v) is 7.99. The minimum absolute atomic E-state index is 0.141. The van der Waals surface area contributed by atoms with E-state index in [1.54, 1.807) is 18.2 Å². The van der Waals surface area contributed by atoms with Crippen LogP contribution in [0.2, 0.25) is 0 Å². The number of benzene rings is 3. The van der Waals surface area contributed by atoms with E-state index in [0.717, 1.165) is 50.4 Å². The number of rotatable bonds is 7. The van der Waals surface area contributed by atoms with Crippen molar-refractivity contribution in [2.45, 2.75) is 26.2 Å². The second kappa shape index (κ2) is 11.3. The van der Waals surface area contributed by atoms with Gasteiger partial charge in [0.05, 0.1) is 16.4 Å². The molecular weight excluding hydrogens is 514 g/mol. The summed E-state index contributed by atoms with van der Waals surface area (Å²) < 4.78 is 5.77. The van der Waals surface area contributed by atoms with Crippen molar-refractivity contribution in [2.24, 2.45) is 0 Å². The van der Waals surface area contributed by atoms with Crippen LogP contribution < -0.4 is 10.7 Å². The van der Waals surface area contributed by atoms with Gasteiger partial charge in [-0.25, -0.2) is 4.98 Å². The molecule has 3 aromatic carbocycles. The minimum atomic E-state index is -0.209. The van der Waals surface area contributed by atoms with Gasteiger partial charge in [0.2, 0.25) is 5.43 Å². The zero-order valence-electron chi connectivity index (χ0n) is 23.7. The Hall–Kier alpha value is -4.27. The maximum atomic E-state index is 13.3. The van der Waals surface area contributed by atoms with Gasteiger partial charge >= 0.3 is 0 Å². The van der Waals surface area contributed by atoms with Gasteiger partial charge in [0.15, 0.2) is 0 Å². The van der Waals surface area contributed by atoms with Crippen LogP contribution in [0.4, 0.5) is 5.69 Å². The molecule has 5 aromatic rings. The third-order valence-electron chi connectivity index (χ3n) is 7.99. The topological polar surface area (TPSA) is 94.5 Å². The lowest BCUT2D eigenvalue weighted by Gasteiger charge is -2.32. The molecule has 3 heterocycles. The molecule has 2 N–H and O–H groups in total. The number of hydrogen-bond acceptors (Lipinski definition) is 6. The Morgan fingerprint density at radius 3 is 2.56 bits per heavy atom. The quantitative estimate of drug-likeness (QED) is 0.278. The van der Waals surface area contributed by atoms with Gasteiger partial charge < -0.3 is 24.5 Å². The highest BCUT2D eigenvalue weighted by molar-refractivity contribution is 6.06. The van der Waals surface area contributed by atoms with E-state index in [0.29, 0.717) is 44.9 Å². The van der Waals surface area contributed by atoms with E-state index in [1.165, 1.54) is 11.8 Å². The summed E-state index contributed by atoms with van der Waals surface area (Å²) >= 11 is 0. The zero-order chi connectivity index (χ0) is 28.5. The largest absolute Gasteiger partial charge is 0.463 e. The molecule has 1 saturated heterocycles. The van der Waals surface area contributed by atoms with Gasteiger partial charge in [-0.3, -0.25) is 9.59 Å². The highest BCUT2D eigenvalue weighted by Crippen LogP contribution is 2.24. The SMILES string of the molecule is CC(C)c1ccc2occ(-c3nc4ccc(C(=O)Nc5ccc(CCN6CCN(C)CC6)cc5)cc4[nH]3)c(=O)c2c1. The van der Waals surface area contributed by atoms with E-state index in [9.17, 15) is 9.59 Å². The van der Waals surface area contributed by atoms with Crippen molar-refractivity contribution in [3.05, 3.63) is 93.8 Å². The number of anilines is 1. The lowest BCUT2D eigenvalue weighted by Crippen LogP contribution is -2.45. The molecule has 0 bridgehead atoms. The van der Waals surface area contributed by atoms with Crippen LogP contribution in [0.1, 0.15) is 41.3 Å². The lowest BCUT2D eigenvalue weighted by atomic mass is 10.0. The van der Waals surface area contributed by atoms with Gasteiger partial charge in [-0.05, 0) is 73.0 Å². The van der Waals surface area contributed by atoms with Crippen LogP contribution in [0.15, 0.2) is 76.1 Å². The van der Waals surface area contributed by atoms with Crippen molar-refractivity contribution in [1.82, 2.24) is 19.8 Å². The summed E-state index contributed by atoms with van der Waals surface area (Å²) in [5.74, 6) is 0.498. The van der Waals surface area contributed by atoms with E-state index < -0.39 is 0 Å². The average Bonchev–Trinajstić information content (AvgIpc) is 3.41. The Labute approximate surface area is 239 Å². The molecule has 0 saturated carbocycles. The number of nitrogens with one attached hydrogen (secondary N) is 2. The van der Waals surface area contributed by atoms with Crippen molar-refractivity contribution in [3.8, 4) is 11.4 Å². The maximum Gasteiger partial charge on any atom is 0.255 e. The number of carbonyl (C=O) groups is 1. The number of H-pyrrole nitrogens is 1. The van der Waals surface area contributed by atoms with Crippen LogP contribution >= 0.6 is 0 Å². The van der Waals surface area contributed by atoms with Crippen LogP contribution in [-0.2, 0) is 6.42 Å². The minimum Gasteiger partial charge on any atom is -0.463 e. The number of aromatic nitrogens is 2. The summed E-state index contributed by atoms with van der Waals surface area (Å²) in [7, 11) is 2.17. The number of hydrogen-bond donors (Lipinski definition) is 2. The molecular formula is C33H35N5O3. The average molecular weight is 550 g/mol. The number of amides is 1. The van der Waals surface area contributed by atoms with Crippen LogP contribution in [0.5, 0.6) is 0 Å². The highest BCUT2D eigenvalue weighted by atomic mass is 16.3. The van der Waals surface area contributed by atoms with Crippen molar-refractivity contribution in [1.29, 1.82) is 0 Å². The van der Waals surface area contributed by atoms with Crippen molar-refractivity contribution in [2.75, 3.05) is 45.1 Å². The molecule has 210 valence electrons. The molecule has 0 radical (unpaired) electrons. The number of aromatic amines is 1. The molecule has 6 rings (SSSR count). The lowest BCUT2D eigenvalue weighted by molar-refractivity contribution is 0.102. The van der Waals surface area contributed by atoms with E-state index in [4.69, 9.17) is 4.42 Å². The van der Waals surface area contributed by atoms with Crippen molar-refractivity contribution in [3.63, 3.8) is 0 Å². The predicted molar refractivity (Wildman–Crippen MR) is 164 cm³/mol. The Morgan fingerprint density at radius 1 is 1.02 bits per heavy atom. The van der Waals surface area contributed by atoms with Crippen molar-refractivity contribution >= 4 is 33.6 Å². The summed E-state index contributed by atoms with van der Waals surface area (Å²) in [6.45, 7) is 9.69. The Kier molecular flexibility index (Phi) is 7.43. The van der Waals surface area contributed by atoms with E-state index in [-0.39, 0.29) is 11.3 Å². The normalized spacial score (nSPS) is 14.7. The molecule has 1 aliphatic rings. The Bertz CT molecular complexity index is 1760. The smallest absolute Gasteiger partial charge is 0.255 e. The Balaban J connectivity index is 1.15. The van der Waals surface area contributed by atoms with Gasteiger partial charge in [0.25, 0.3) is 5.91 Å². The molecule has 1 fully saturated rings. The Morgan fingerprint density at radius 2 is 1.80 bits per heavy atom. The third kappa shape index (κ3) is 5.80. The predicted octanol–water partition coefficient (Wildman–Crippen LogP) is 5.50. The van der Waals surface area contributed by atoms with Crippen LogP contribution in [0.3, 0.4) is 0 Å². The molecule has 0 spiro atoms. The molecule has 8 heteroatoms. The molecule has 0 atom stereocenters. The fraction of sp³-hybridized carbons (Fsp3) is 0.303. The van der Waals surface area contributed by atoms with Crippen LogP contribution in [-0.4, -0.2) is 65.4 Å². The summed E-state index contributed by atoms with van der Waals surface area (Å²) in [4.78, 5) is 39.0. The standard InChI is InChI=1S/C33H35N5O3/c1-21(2)23-7-11-30-26(18-23)31(39)27(20-41-30)32-35-28-10-6-24(19-29(28)36-32)33(40)34-25-8-4-22(5-9-25)12-13-38-16-14-37(3)15-17-38/h4-11,18-21H,12-17H2,1-3H3,(H,34,40)(H,35,36). The first-order chi connectivity index (χ1) is 19.8.